The van der Waals surface area contributed by atoms with Crippen LogP contribution in [0.15, 0.2) is 18.2 Å². The molecule has 2 nitrogen and oxygen atoms in total. The standard InChI is InChI=1S/C16H22ClNO/c1-10-5-11(2)8-16(7-10)9-14(18)13-6-12(17)3-4-15(13)19-16/h3-4,6,10-11,14H,5,7-9,18H2,1-2H3/t10?,11?,14-,16?/m1/s1. The molecule has 0 aromatic heterocycles. The Morgan fingerprint density at radius 2 is 1.89 bits per heavy atom. The second-order valence-corrected chi connectivity index (χ2v) is 7.07. The zero-order valence-corrected chi connectivity index (χ0v) is 12.4. The Morgan fingerprint density at radius 1 is 1.21 bits per heavy atom. The van der Waals surface area contributed by atoms with E-state index in [1.807, 2.05) is 18.2 Å². The molecular weight excluding hydrogens is 258 g/mol. The van der Waals surface area contributed by atoms with Gasteiger partial charge in [0.15, 0.2) is 0 Å². The van der Waals surface area contributed by atoms with E-state index in [0.717, 1.165) is 35.6 Å². The zero-order valence-electron chi connectivity index (χ0n) is 11.7. The van der Waals surface area contributed by atoms with Crippen LogP contribution in [0.3, 0.4) is 0 Å². The van der Waals surface area contributed by atoms with Crippen molar-refractivity contribution >= 4 is 11.6 Å². The number of fused-ring (bicyclic) bond motifs is 1. The van der Waals surface area contributed by atoms with Gasteiger partial charge >= 0.3 is 0 Å². The lowest BCUT2D eigenvalue weighted by atomic mass is 9.69. The molecule has 1 aromatic rings. The predicted molar refractivity (Wildman–Crippen MR) is 78.5 cm³/mol. The van der Waals surface area contributed by atoms with Gasteiger partial charge in [-0.25, -0.2) is 0 Å². The molecule has 19 heavy (non-hydrogen) atoms. The molecule has 3 atom stereocenters. The molecule has 0 saturated heterocycles. The number of hydrogen-bond acceptors (Lipinski definition) is 2. The summed E-state index contributed by atoms with van der Waals surface area (Å²) in [6, 6.07) is 5.86. The van der Waals surface area contributed by atoms with E-state index < -0.39 is 0 Å². The fourth-order valence-corrected chi connectivity index (χ4v) is 4.33. The number of nitrogens with two attached hydrogens (primary N) is 1. The number of halogens is 1. The molecule has 1 aliphatic heterocycles. The topological polar surface area (TPSA) is 35.2 Å². The van der Waals surface area contributed by atoms with Crippen LogP contribution in [0.2, 0.25) is 5.02 Å². The molecule has 0 radical (unpaired) electrons. The molecule has 1 aromatic carbocycles. The van der Waals surface area contributed by atoms with E-state index in [4.69, 9.17) is 22.1 Å². The summed E-state index contributed by atoms with van der Waals surface area (Å²) < 4.78 is 6.39. The Morgan fingerprint density at radius 3 is 2.58 bits per heavy atom. The van der Waals surface area contributed by atoms with Crippen LogP contribution in [0.1, 0.15) is 51.1 Å². The Kier molecular flexibility index (Phi) is 3.26. The van der Waals surface area contributed by atoms with Gasteiger partial charge in [-0.3, -0.25) is 0 Å². The van der Waals surface area contributed by atoms with E-state index >= 15 is 0 Å². The molecule has 0 bridgehead atoms. The van der Waals surface area contributed by atoms with Gasteiger partial charge in [0.1, 0.15) is 11.4 Å². The highest BCUT2D eigenvalue weighted by atomic mass is 35.5. The van der Waals surface area contributed by atoms with Crippen LogP contribution in [0.5, 0.6) is 5.75 Å². The van der Waals surface area contributed by atoms with E-state index in [9.17, 15) is 0 Å². The molecule has 1 aliphatic carbocycles. The lowest BCUT2D eigenvalue weighted by Gasteiger charge is -2.47. The summed E-state index contributed by atoms with van der Waals surface area (Å²) in [7, 11) is 0. The molecule has 0 amide bonds. The molecule has 2 N–H and O–H groups in total. The summed E-state index contributed by atoms with van der Waals surface area (Å²) >= 11 is 6.05. The van der Waals surface area contributed by atoms with E-state index in [0.29, 0.717) is 11.8 Å². The van der Waals surface area contributed by atoms with Crippen LogP contribution in [-0.2, 0) is 0 Å². The van der Waals surface area contributed by atoms with Gasteiger partial charge in [0, 0.05) is 23.0 Å². The minimum absolute atomic E-state index is 0.0416. The normalized spacial score (nSPS) is 37.8. The van der Waals surface area contributed by atoms with Crippen LogP contribution in [0, 0.1) is 11.8 Å². The summed E-state index contributed by atoms with van der Waals surface area (Å²) in [5.74, 6) is 2.36. The van der Waals surface area contributed by atoms with Crippen molar-refractivity contribution in [2.75, 3.05) is 0 Å². The smallest absolute Gasteiger partial charge is 0.125 e. The third-order valence-electron chi connectivity index (χ3n) is 4.54. The maximum absolute atomic E-state index is 6.39. The van der Waals surface area contributed by atoms with Gasteiger partial charge < -0.3 is 10.5 Å². The van der Waals surface area contributed by atoms with Gasteiger partial charge in [0.05, 0.1) is 0 Å². The van der Waals surface area contributed by atoms with Gasteiger partial charge in [-0.2, -0.15) is 0 Å². The molecule has 3 heteroatoms. The lowest BCUT2D eigenvalue weighted by molar-refractivity contribution is -0.0311. The number of benzene rings is 1. The molecule has 3 rings (SSSR count). The predicted octanol–water partition coefficient (Wildman–Crippen LogP) is 4.32. The van der Waals surface area contributed by atoms with E-state index in [1.165, 1.54) is 6.42 Å². The first-order valence-electron chi connectivity index (χ1n) is 7.21. The Labute approximate surface area is 120 Å². The highest BCUT2D eigenvalue weighted by Crippen LogP contribution is 2.48. The monoisotopic (exact) mass is 279 g/mol. The molecule has 1 saturated carbocycles. The first kappa shape index (κ1) is 13.3. The van der Waals surface area contributed by atoms with Crippen molar-refractivity contribution in [1.82, 2.24) is 0 Å². The number of rotatable bonds is 0. The quantitative estimate of drug-likeness (QED) is 0.768. The van der Waals surface area contributed by atoms with Crippen molar-refractivity contribution in [3.8, 4) is 5.75 Å². The first-order valence-corrected chi connectivity index (χ1v) is 7.59. The number of hydrogen-bond donors (Lipinski definition) is 1. The van der Waals surface area contributed by atoms with Gasteiger partial charge in [0.25, 0.3) is 0 Å². The molecule has 1 fully saturated rings. The average Bonchev–Trinajstić information content (AvgIpc) is 2.28. The summed E-state index contributed by atoms with van der Waals surface area (Å²) in [6.45, 7) is 4.65. The van der Waals surface area contributed by atoms with Crippen LogP contribution < -0.4 is 10.5 Å². The van der Waals surface area contributed by atoms with Crippen molar-refractivity contribution in [3.63, 3.8) is 0 Å². The van der Waals surface area contributed by atoms with Crippen LogP contribution >= 0.6 is 11.6 Å². The summed E-state index contributed by atoms with van der Waals surface area (Å²) in [5.41, 5.74) is 7.37. The molecular formula is C16H22ClNO. The highest BCUT2D eigenvalue weighted by molar-refractivity contribution is 6.30. The van der Waals surface area contributed by atoms with Crippen molar-refractivity contribution in [2.24, 2.45) is 17.6 Å². The van der Waals surface area contributed by atoms with Crippen molar-refractivity contribution in [1.29, 1.82) is 0 Å². The van der Waals surface area contributed by atoms with E-state index in [2.05, 4.69) is 13.8 Å². The average molecular weight is 280 g/mol. The molecule has 2 aliphatic rings. The van der Waals surface area contributed by atoms with Crippen molar-refractivity contribution in [2.45, 2.75) is 51.2 Å². The third-order valence-corrected chi connectivity index (χ3v) is 4.77. The molecule has 1 spiro atoms. The minimum atomic E-state index is -0.0582. The largest absolute Gasteiger partial charge is 0.487 e. The van der Waals surface area contributed by atoms with Crippen LogP contribution in [0.4, 0.5) is 0 Å². The second-order valence-electron chi connectivity index (χ2n) is 6.63. The van der Waals surface area contributed by atoms with Crippen LogP contribution in [-0.4, -0.2) is 5.60 Å². The van der Waals surface area contributed by atoms with E-state index in [-0.39, 0.29) is 11.6 Å². The zero-order chi connectivity index (χ0) is 13.6. The Hall–Kier alpha value is -0.730. The highest BCUT2D eigenvalue weighted by Gasteiger charge is 2.44. The molecule has 2 unspecified atom stereocenters. The summed E-state index contributed by atoms with van der Waals surface area (Å²) in [5, 5.41) is 0.735. The van der Waals surface area contributed by atoms with Crippen molar-refractivity contribution < 1.29 is 4.74 Å². The van der Waals surface area contributed by atoms with Gasteiger partial charge in [-0.1, -0.05) is 25.4 Å². The van der Waals surface area contributed by atoms with Gasteiger partial charge in [-0.15, -0.1) is 0 Å². The fourth-order valence-electron chi connectivity index (χ4n) is 4.14. The SMILES string of the molecule is CC1CC(C)CC2(C1)C[C@@H](N)c1cc(Cl)ccc1O2. The third kappa shape index (κ3) is 2.48. The van der Waals surface area contributed by atoms with Gasteiger partial charge in [-0.05, 0) is 49.3 Å². The fraction of sp³-hybridized carbons (Fsp3) is 0.625. The minimum Gasteiger partial charge on any atom is -0.487 e. The number of ether oxygens (including phenoxy) is 1. The maximum Gasteiger partial charge on any atom is 0.125 e. The maximum atomic E-state index is 6.39. The molecule has 1 heterocycles. The first-order chi connectivity index (χ1) is 8.97. The molecule has 104 valence electrons. The van der Waals surface area contributed by atoms with Gasteiger partial charge in [0.2, 0.25) is 0 Å². The van der Waals surface area contributed by atoms with E-state index in [1.54, 1.807) is 0 Å². The Bertz CT molecular complexity index is 478. The van der Waals surface area contributed by atoms with Crippen LogP contribution in [0.25, 0.3) is 0 Å². The second kappa shape index (κ2) is 4.68. The summed E-state index contributed by atoms with van der Waals surface area (Å²) in [4.78, 5) is 0. The lowest BCUT2D eigenvalue weighted by Crippen LogP contribution is -2.48. The van der Waals surface area contributed by atoms with Crippen molar-refractivity contribution in [3.05, 3.63) is 28.8 Å². The summed E-state index contributed by atoms with van der Waals surface area (Å²) in [6.07, 6.45) is 4.45. The Balaban J connectivity index is 1.94.